The number of aldehydes is 1. The predicted octanol–water partition coefficient (Wildman–Crippen LogP) is 2.30. The summed E-state index contributed by atoms with van der Waals surface area (Å²) < 4.78 is 41.4. The summed E-state index contributed by atoms with van der Waals surface area (Å²) in [7, 11) is 1.04. The van der Waals surface area contributed by atoms with Gasteiger partial charge in [0, 0.05) is 5.56 Å². The highest BCUT2D eigenvalue weighted by atomic mass is 19.4. The minimum absolute atomic E-state index is 0.227. The van der Waals surface area contributed by atoms with Crippen LogP contribution in [0, 0.1) is 0 Å². The van der Waals surface area contributed by atoms with E-state index in [1.54, 1.807) is 0 Å². The van der Waals surface area contributed by atoms with Gasteiger partial charge in [-0.05, 0) is 18.2 Å². The van der Waals surface area contributed by atoms with Gasteiger partial charge < -0.3 is 4.74 Å². The van der Waals surface area contributed by atoms with Crippen LogP contribution >= 0.6 is 0 Å². The number of halogens is 3. The van der Waals surface area contributed by atoms with Crippen molar-refractivity contribution in [1.82, 2.24) is 0 Å². The van der Waals surface area contributed by atoms with Gasteiger partial charge in [0.1, 0.15) is 6.29 Å². The van der Waals surface area contributed by atoms with E-state index >= 15 is 0 Å². The Bertz CT molecular complexity index is 424. The first-order chi connectivity index (χ1) is 7.38. The highest BCUT2D eigenvalue weighted by Crippen LogP contribution is 2.30. The van der Waals surface area contributed by atoms with E-state index in [1.165, 1.54) is 0 Å². The third-order valence-electron chi connectivity index (χ3n) is 1.84. The summed E-state index contributed by atoms with van der Waals surface area (Å²) in [5.74, 6) is -0.922. The first kappa shape index (κ1) is 12.2. The van der Waals surface area contributed by atoms with E-state index in [-0.39, 0.29) is 17.4 Å². The molecule has 0 atom stereocenters. The average Bonchev–Trinajstić information content (AvgIpc) is 2.26. The van der Waals surface area contributed by atoms with E-state index in [0.717, 1.165) is 13.2 Å². The first-order valence-corrected chi connectivity index (χ1v) is 4.14. The molecule has 0 saturated carbocycles. The van der Waals surface area contributed by atoms with Crippen LogP contribution in [0.2, 0.25) is 0 Å². The third-order valence-corrected chi connectivity index (χ3v) is 1.84. The lowest BCUT2D eigenvalue weighted by atomic mass is 10.1. The molecule has 0 aliphatic heterocycles. The average molecular weight is 232 g/mol. The van der Waals surface area contributed by atoms with Gasteiger partial charge in [-0.25, -0.2) is 4.79 Å². The number of esters is 1. The lowest BCUT2D eigenvalue weighted by molar-refractivity contribution is -0.137. The Morgan fingerprint density at radius 2 is 1.94 bits per heavy atom. The monoisotopic (exact) mass is 232 g/mol. The fourth-order valence-electron chi connectivity index (χ4n) is 1.12. The number of rotatable bonds is 2. The van der Waals surface area contributed by atoms with E-state index in [1.807, 2.05) is 0 Å². The molecule has 16 heavy (non-hydrogen) atoms. The summed E-state index contributed by atoms with van der Waals surface area (Å²) in [6, 6.07) is 2.34. The van der Waals surface area contributed by atoms with Crippen LogP contribution in [0.1, 0.15) is 26.3 Å². The number of alkyl halides is 3. The van der Waals surface area contributed by atoms with Crippen molar-refractivity contribution in [3.05, 3.63) is 34.9 Å². The van der Waals surface area contributed by atoms with Crippen LogP contribution in [-0.2, 0) is 10.9 Å². The molecule has 0 unspecified atom stereocenters. The molecule has 0 spiro atoms. The van der Waals surface area contributed by atoms with Crippen LogP contribution in [0.15, 0.2) is 18.2 Å². The number of benzene rings is 1. The number of hydrogen-bond donors (Lipinski definition) is 0. The molecule has 1 aromatic carbocycles. The first-order valence-electron chi connectivity index (χ1n) is 4.14. The highest BCUT2D eigenvalue weighted by molar-refractivity contribution is 5.92. The molecule has 0 fully saturated rings. The Balaban J connectivity index is 3.32. The van der Waals surface area contributed by atoms with Gasteiger partial charge in [-0.3, -0.25) is 4.79 Å². The number of methoxy groups -OCH3 is 1. The molecule has 86 valence electrons. The maximum absolute atomic E-state index is 12.4. The summed E-state index contributed by atoms with van der Waals surface area (Å²) in [6.45, 7) is 0. The van der Waals surface area contributed by atoms with Gasteiger partial charge in [-0.1, -0.05) is 0 Å². The second kappa shape index (κ2) is 4.34. The minimum Gasteiger partial charge on any atom is -0.465 e. The van der Waals surface area contributed by atoms with Crippen molar-refractivity contribution in [3.63, 3.8) is 0 Å². The Kier molecular flexibility index (Phi) is 3.31. The van der Waals surface area contributed by atoms with Crippen molar-refractivity contribution < 1.29 is 27.5 Å². The van der Waals surface area contributed by atoms with Crippen LogP contribution in [-0.4, -0.2) is 19.4 Å². The molecule has 0 N–H and O–H groups in total. The molecule has 1 aromatic rings. The van der Waals surface area contributed by atoms with E-state index in [2.05, 4.69) is 4.74 Å². The van der Waals surface area contributed by atoms with Gasteiger partial charge in [-0.15, -0.1) is 0 Å². The third kappa shape index (κ3) is 2.59. The molecule has 1 rings (SSSR count). The Hall–Kier alpha value is -1.85. The molecule has 6 heteroatoms. The van der Waals surface area contributed by atoms with E-state index in [0.29, 0.717) is 12.1 Å². The van der Waals surface area contributed by atoms with Crippen LogP contribution in [0.25, 0.3) is 0 Å². The lowest BCUT2D eigenvalue weighted by Crippen LogP contribution is -2.09. The second-order valence-electron chi connectivity index (χ2n) is 2.95. The van der Waals surface area contributed by atoms with E-state index in [9.17, 15) is 22.8 Å². The Morgan fingerprint density at radius 1 is 1.31 bits per heavy atom. The summed E-state index contributed by atoms with van der Waals surface area (Å²) in [5.41, 5.74) is -1.59. The van der Waals surface area contributed by atoms with Gasteiger partial charge in [0.15, 0.2) is 0 Å². The van der Waals surface area contributed by atoms with Gasteiger partial charge >= 0.3 is 12.1 Å². The number of ether oxygens (including phenoxy) is 1. The lowest BCUT2D eigenvalue weighted by Gasteiger charge is -2.08. The smallest absolute Gasteiger partial charge is 0.416 e. The fraction of sp³-hybridized carbons (Fsp3) is 0.200. The van der Waals surface area contributed by atoms with Crippen LogP contribution in [0.5, 0.6) is 0 Å². The fourth-order valence-corrected chi connectivity index (χ4v) is 1.12. The van der Waals surface area contributed by atoms with Crippen molar-refractivity contribution in [2.24, 2.45) is 0 Å². The normalized spacial score (nSPS) is 11.0. The summed E-state index contributed by atoms with van der Waals surface area (Å²) in [4.78, 5) is 21.5. The quantitative estimate of drug-likeness (QED) is 0.580. The Morgan fingerprint density at radius 3 is 2.38 bits per heavy atom. The largest absolute Gasteiger partial charge is 0.465 e. The zero-order chi connectivity index (χ0) is 12.3. The molecule has 0 aromatic heterocycles. The van der Waals surface area contributed by atoms with Gasteiger partial charge in [0.25, 0.3) is 0 Å². The predicted molar refractivity (Wildman–Crippen MR) is 48.2 cm³/mol. The zero-order valence-corrected chi connectivity index (χ0v) is 8.17. The van der Waals surface area contributed by atoms with Crippen molar-refractivity contribution in [3.8, 4) is 0 Å². The van der Waals surface area contributed by atoms with Crippen molar-refractivity contribution >= 4 is 12.3 Å². The number of carbonyl (C=O) groups excluding carboxylic acids is 2. The van der Waals surface area contributed by atoms with E-state index in [4.69, 9.17) is 0 Å². The topological polar surface area (TPSA) is 43.4 Å². The Labute approximate surface area is 88.8 Å². The van der Waals surface area contributed by atoms with Gasteiger partial charge in [0.2, 0.25) is 0 Å². The maximum Gasteiger partial charge on any atom is 0.416 e. The molecule has 0 amide bonds. The molecule has 0 bridgehead atoms. The molecule has 0 aliphatic rings. The summed E-state index contributed by atoms with van der Waals surface area (Å²) >= 11 is 0. The molecule has 0 heterocycles. The molecule has 0 radical (unpaired) electrons. The van der Waals surface area contributed by atoms with Crippen molar-refractivity contribution in [2.75, 3.05) is 7.11 Å². The standard InChI is InChI=1S/C10H7F3O3/c1-16-9(15)7-2-6(5-14)3-8(4-7)10(11,12)13/h2-5H,1H3. The second-order valence-corrected chi connectivity index (χ2v) is 2.95. The van der Waals surface area contributed by atoms with Crippen molar-refractivity contribution in [2.45, 2.75) is 6.18 Å². The summed E-state index contributed by atoms with van der Waals surface area (Å²) in [5, 5.41) is 0. The molecule has 0 aliphatic carbocycles. The number of carbonyl (C=O) groups is 2. The maximum atomic E-state index is 12.4. The summed E-state index contributed by atoms with van der Waals surface area (Å²) in [6.07, 6.45) is -4.37. The molecular formula is C10H7F3O3. The molecule has 0 saturated heterocycles. The minimum atomic E-state index is -4.61. The van der Waals surface area contributed by atoms with Crippen LogP contribution in [0.3, 0.4) is 0 Å². The highest BCUT2D eigenvalue weighted by Gasteiger charge is 2.31. The van der Waals surface area contributed by atoms with Gasteiger partial charge in [-0.2, -0.15) is 13.2 Å². The molecule has 3 nitrogen and oxygen atoms in total. The van der Waals surface area contributed by atoms with Gasteiger partial charge in [0.05, 0.1) is 18.2 Å². The van der Waals surface area contributed by atoms with Crippen LogP contribution < -0.4 is 0 Å². The van der Waals surface area contributed by atoms with E-state index < -0.39 is 17.7 Å². The zero-order valence-electron chi connectivity index (χ0n) is 8.17. The van der Waals surface area contributed by atoms with Crippen molar-refractivity contribution in [1.29, 1.82) is 0 Å². The SMILES string of the molecule is COC(=O)c1cc(C=O)cc(C(F)(F)F)c1. The molecular weight excluding hydrogens is 225 g/mol. The number of hydrogen-bond acceptors (Lipinski definition) is 3. The van der Waals surface area contributed by atoms with Crippen LogP contribution in [0.4, 0.5) is 13.2 Å².